The molecule has 1 aliphatic heterocycles. The maximum Gasteiger partial charge on any atom is 0.211 e. The first-order valence-electron chi connectivity index (χ1n) is 9.41. The van der Waals surface area contributed by atoms with Gasteiger partial charge in [0.05, 0.1) is 24.8 Å². The van der Waals surface area contributed by atoms with E-state index >= 15 is 0 Å². The van der Waals surface area contributed by atoms with Crippen LogP contribution in [0.4, 0.5) is 5.69 Å². The maximum absolute atomic E-state index is 12.7. The Balaban J connectivity index is 1.75. The van der Waals surface area contributed by atoms with Gasteiger partial charge in [-0.3, -0.25) is 0 Å². The maximum atomic E-state index is 12.7. The summed E-state index contributed by atoms with van der Waals surface area (Å²) in [5.74, 6) is 0. The number of anilines is 1. The third-order valence-electron chi connectivity index (χ3n) is 5.20. The SMILES string of the molecule is CS(=O)(=O)N1Cc2cc(Br)ccc2N(Cc2cnc[nH]2)C[C@@H]1Cc1ccccc1. The molecule has 0 fully saturated rings. The smallest absolute Gasteiger partial charge is 0.211 e. The molecule has 1 N–H and O–H groups in total. The summed E-state index contributed by atoms with van der Waals surface area (Å²) in [5, 5.41) is 0. The Bertz CT molecular complexity index is 1070. The van der Waals surface area contributed by atoms with Crippen LogP contribution < -0.4 is 4.90 Å². The number of imidazole rings is 1. The van der Waals surface area contributed by atoms with Gasteiger partial charge in [-0.2, -0.15) is 4.31 Å². The summed E-state index contributed by atoms with van der Waals surface area (Å²) >= 11 is 3.53. The second kappa shape index (κ2) is 8.30. The summed E-state index contributed by atoms with van der Waals surface area (Å²) in [6.07, 6.45) is 5.43. The van der Waals surface area contributed by atoms with Crippen molar-refractivity contribution in [3.05, 3.63) is 82.3 Å². The van der Waals surface area contributed by atoms with Gasteiger partial charge in [0.25, 0.3) is 0 Å². The van der Waals surface area contributed by atoms with Crippen LogP contribution >= 0.6 is 15.9 Å². The molecule has 1 aliphatic rings. The monoisotopic (exact) mass is 474 g/mol. The van der Waals surface area contributed by atoms with Gasteiger partial charge in [0, 0.05) is 35.5 Å². The van der Waals surface area contributed by atoms with Crippen molar-refractivity contribution in [2.75, 3.05) is 17.7 Å². The van der Waals surface area contributed by atoms with Gasteiger partial charge < -0.3 is 9.88 Å². The average molecular weight is 475 g/mol. The van der Waals surface area contributed by atoms with E-state index in [1.165, 1.54) is 6.26 Å². The second-order valence-corrected chi connectivity index (χ2v) is 10.2. The van der Waals surface area contributed by atoms with Gasteiger partial charge in [0.1, 0.15) is 0 Å². The Morgan fingerprint density at radius 3 is 2.69 bits per heavy atom. The molecule has 0 radical (unpaired) electrons. The molecule has 0 saturated heterocycles. The van der Waals surface area contributed by atoms with Crippen molar-refractivity contribution in [3.8, 4) is 0 Å². The topological polar surface area (TPSA) is 69.3 Å². The molecule has 29 heavy (non-hydrogen) atoms. The average Bonchev–Trinajstić information content (AvgIpc) is 3.13. The summed E-state index contributed by atoms with van der Waals surface area (Å²) in [7, 11) is -3.39. The number of benzene rings is 2. The number of fused-ring (bicyclic) bond motifs is 1. The van der Waals surface area contributed by atoms with E-state index in [4.69, 9.17) is 0 Å². The highest BCUT2D eigenvalue weighted by molar-refractivity contribution is 9.10. The molecule has 4 rings (SSSR count). The van der Waals surface area contributed by atoms with Crippen molar-refractivity contribution in [1.29, 1.82) is 0 Å². The van der Waals surface area contributed by atoms with Crippen LogP contribution in [0.3, 0.4) is 0 Å². The lowest BCUT2D eigenvalue weighted by Gasteiger charge is -2.31. The van der Waals surface area contributed by atoms with E-state index in [-0.39, 0.29) is 6.04 Å². The van der Waals surface area contributed by atoms with Crippen molar-refractivity contribution in [3.63, 3.8) is 0 Å². The van der Waals surface area contributed by atoms with Gasteiger partial charge in [-0.25, -0.2) is 13.4 Å². The lowest BCUT2D eigenvalue weighted by molar-refractivity contribution is 0.320. The minimum absolute atomic E-state index is 0.179. The molecule has 0 unspecified atom stereocenters. The van der Waals surface area contributed by atoms with Crippen LogP contribution in [0.1, 0.15) is 16.8 Å². The zero-order valence-electron chi connectivity index (χ0n) is 16.1. The molecule has 1 atom stereocenters. The molecule has 6 nitrogen and oxygen atoms in total. The molecule has 0 aliphatic carbocycles. The number of H-pyrrole nitrogens is 1. The van der Waals surface area contributed by atoms with Crippen LogP contribution in [0.5, 0.6) is 0 Å². The van der Waals surface area contributed by atoms with Crippen molar-refractivity contribution in [2.24, 2.45) is 0 Å². The number of halogens is 1. The van der Waals surface area contributed by atoms with Gasteiger partial charge in [-0.1, -0.05) is 46.3 Å². The number of aromatic nitrogens is 2. The number of aromatic amines is 1. The Kier molecular flexibility index (Phi) is 5.76. The molecular formula is C21H23BrN4O2S. The van der Waals surface area contributed by atoms with Crippen molar-refractivity contribution in [1.82, 2.24) is 14.3 Å². The number of hydrogen-bond donors (Lipinski definition) is 1. The third kappa shape index (κ3) is 4.71. The Morgan fingerprint density at radius 1 is 1.21 bits per heavy atom. The molecule has 2 aromatic carbocycles. The summed E-state index contributed by atoms with van der Waals surface area (Å²) in [6.45, 7) is 1.58. The van der Waals surface area contributed by atoms with E-state index in [2.05, 4.69) is 36.9 Å². The highest BCUT2D eigenvalue weighted by Gasteiger charge is 2.33. The Hall–Kier alpha value is -2.16. The zero-order chi connectivity index (χ0) is 20.4. The molecule has 2 heterocycles. The third-order valence-corrected chi connectivity index (χ3v) is 6.98. The number of nitrogens with zero attached hydrogens (tertiary/aromatic N) is 3. The molecular weight excluding hydrogens is 452 g/mol. The highest BCUT2D eigenvalue weighted by atomic mass is 79.9. The molecule has 0 amide bonds. The predicted octanol–water partition coefficient (Wildman–Crippen LogP) is 3.57. The number of sulfonamides is 1. The van der Waals surface area contributed by atoms with Crippen LogP contribution in [-0.4, -0.2) is 41.5 Å². The fourth-order valence-corrected chi connectivity index (χ4v) is 5.36. The lowest BCUT2D eigenvalue weighted by atomic mass is 10.1. The minimum Gasteiger partial charge on any atom is -0.364 e. The Labute approximate surface area is 179 Å². The summed E-state index contributed by atoms with van der Waals surface area (Å²) in [5.41, 5.74) is 4.15. The van der Waals surface area contributed by atoms with Crippen LogP contribution in [0.2, 0.25) is 0 Å². The van der Waals surface area contributed by atoms with Gasteiger partial charge in [0.15, 0.2) is 0 Å². The van der Waals surface area contributed by atoms with E-state index in [1.807, 2.05) is 48.7 Å². The van der Waals surface area contributed by atoms with E-state index in [0.717, 1.165) is 27.0 Å². The van der Waals surface area contributed by atoms with E-state index in [1.54, 1.807) is 10.6 Å². The predicted molar refractivity (Wildman–Crippen MR) is 118 cm³/mol. The number of rotatable bonds is 5. The first-order chi connectivity index (χ1) is 13.9. The number of nitrogens with one attached hydrogen (secondary N) is 1. The van der Waals surface area contributed by atoms with Crippen molar-refractivity contribution >= 4 is 31.6 Å². The lowest BCUT2D eigenvalue weighted by Crippen LogP contribution is -2.45. The molecule has 0 spiro atoms. The van der Waals surface area contributed by atoms with Crippen LogP contribution in [0.25, 0.3) is 0 Å². The molecule has 152 valence electrons. The van der Waals surface area contributed by atoms with E-state index in [9.17, 15) is 8.42 Å². The van der Waals surface area contributed by atoms with Crippen molar-refractivity contribution < 1.29 is 8.42 Å². The fraction of sp³-hybridized carbons (Fsp3) is 0.286. The largest absolute Gasteiger partial charge is 0.364 e. The van der Waals surface area contributed by atoms with Gasteiger partial charge in [0.2, 0.25) is 10.0 Å². The molecule has 0 bridgehead atoms. The molecule has 1 aromatic heterocycles. The van der Waals surface area contributed by atoms with Gasteiger partial charge >= 0.3 is 0 Å². The fourth-order valence-electron chi connectivity index (χ4n) is 3.90. The molecule has 3 aromatic rings. The van der Waals surface area contributed by atoms with Gasteiger partial charge in [-0.05, 0) is 35.7 Å². The van der Waals surface area contributed by atoms with E-state index < -0.39 is 10.0 Å². The van der Waals surface area contributed by atoms with Crippen LogP contribution in [0.15, 0.2) is 65.5 Å². The summed E-state index contributed by atoms with van der Waals surface area (Å²) < 4.78 is 28.1. The highest BCUT2D eigenvalue weighted by Crippen LogP contribution is 2.32. The summed E-state index contributed by atoms with van der Waals surface area (Å²) in [4.78, 5) is 9.53. The first kappa shape index (κ1) is 20.1. The van der Waals surface area contributed by atoms with Gasteiger partial charge in [-0.15, -0.1) is 0 Å². The molecule has 8 heteroatoms. The van der Waals surface area contributed by atoms with E-state index in [0.29, 0.717) is 26.1 Å². The standard InChI is InChI=1S/C21H23BrN4O2S/c1-29(27,28)26-12-17-10-18(22)7-8-21(17)25(13-19-11-23-15-24-19)14-20(26)9-16-5-3-2-4-6-16/h2-8,10-11,15,20H,9,12-14H2,1H3,(H,23,24)/t20-/m0/s1. The second-order valence-electron chi connectivity index (χ2n) is 7.38. The summed E-state index contributed by atoms with van der Waals surface area (Å²) in [6, 6.07) is 15.9. The zero-order valence-corrected chi connectivity index (χ0v) is 18.5. The minimum atomic E-state index is -3.39. The Morgan fingerprint density at radius 2 is 2.00 bits per heavy atom. The van der Waals surface area contributed by atoms with Crippen LogP contribution in [-0.2, 0) is 29.5 Å². The van der Waals surface area contributed by atoms with Crippen LogP contribution in [0, 0.1) is 0 Å². The quantitative estimate of drug-likeness (QED) is 0.613. The first-order valence-corrected chi connectivity index (χ1v) is 12.1. The van der Waals surface area contributed by atoms with Crippen molar-refractivity contribution in [2.45, 2.75) is 25.6 Å². The number of hydrogen-bond acceptors (Lipinski definition) is 4. The molecule has 0 saturated carbocycles. The normalized spacial score (nSPS) is 17.7.